The number of nitrogens with zero attached hydrogens (tertiary/aromatic N) is 1. The van der Waals surface area contributed by atoms with E-state index in [-0.39, 0.29) is 0 Å². The molecule has 0 amide bonds. The van der Waals surface area contributed by atoms with E-state index in [2.05, 4.69) is 18.8 Å². The fraction of sp³-hybridized carbons (Fsp3) is 0.643. The van der Waals surface area contributed by atoms with Crippen LogP contribution in [0.2, 0.25) is 0 Å². The first-order valence-electron chi connectivity index (χ1n) is 6.37. The summed E-state index contributed by atoms with van der Waals surface area (Å²) < 4.78 is 0. The van der Waals surface area contributed by atoms with E-state index in [0.29, 0.717) is 0 Å². The normalized spacial score (nSPS) is 14.7. The number of aromatic nitrogens is 1. The fourth-order valence-electron chi connectivity index (χ4n) is 2.10. The second-order valence-corrected chi connectivity index (χ2v) is 4.45. The molecule has 1 atom stereocenters. The molecule has 1 aromatic heterocycles. The Hall–Kier alpha value is -0.890. The van der Waals surface area contributed by atoms with Crippen LogP contribution < -0.4 is 0 Å². The zero-order chi connectivity index (χ0) is 11.9. The predicted octanol–water partition coefficient (Wildman–Crippen LogP) is 3.65. The smallest absolute Gasteiger partial charge is 0.106 e. The van der Waals surface area contributed by atoms with Gasteiger partial charge in [0.15, 0.2) is 0 Å². The van der Waals surface area contributed by atoms with Crippen molar-refractivity contribution in [3.05, 3.63) is 30.1 Å². The molecular formula is C14H23NO. The van der Waals surface area contributed by atoms with Crippen molar-refractivity contribution >= 4 is 0 Å². The van der Waals surface area contributed by atoms with E-state index >= 15 is 0 Å². The largest absolute Gasteiger partial charge is 0.384 e. The average Bonchev–Trinajstić information content (AvgIpc) is 2.31. The quantitative estimate of drug-likeness (QED) is 0.713. The van der Waals surface area contributed by atoms with E-state index in [1.165, 1.54) is 12.8 Å². The van der Waals surface area contributed by atoms with Gasteiger partial charge in [-0.3, -0.25) is 4.98 Å². The Morgan fingerprint density at radius 2 is 1.94 bits per heavy atom. The van der Waals surface area contributed by atoms with Gasteiger partial charge in [0.1, 0.15) is 5.60 Å². The van der Waals surface area contributed by atoms with Crippen LogP contribution in [0.3, 0.4) is 0 Å². The molecule has 1 rings (SSSR count). The molecule has 1 N–H and O–H groups in total. The lowest BCUT2D eigenvalue weighted by Crippen LogP contribution is -2.26. The molecule has 0 spiro atoms. The standard InChI is InChI=1S/C14H23NO/c1-3-5-7-11-14(16,10-4-2)13-9-6-8-12-15-13/h6,8-9,12,16H,3-5,7,10-11H2,1-2H3. The number of pyridine rings is 1. The first-order chi connectivity index (χ1) is 7.73. The third-order valence-corrected chi connectivity index (χ3v) is 3.00. The first kappa shape index (κ1) is 13.2. The highest BCUT2D eigenvalue weighted by Crippen LogP contribution is 2.30. The Kier molecular flexibility index (Phi) is 5.47. The lowest BCUT2D eigenvalue weighted by molar-refractivity contribution is 0.0110. The van der Waals surface area contributed by atoms with Gasteiger partial charge in [0.05, 0.1) is 5.69 Å². The maximum atomic E-state index is 10.6. The summed E-state index contributed by atoms with van der Waals surface area (Å²) >= 11 is 0. The molecule has 0 aliphatic heterocycles. The highest BCUT2D eigenvalue weighted by Gasteiger charge is 2.28. The van der Waals surface area contributed by atoms with Crippen LogP contribution in [0.15, 0.2) is 24.4 Å². The van der Waals surface area contributed by atoms with Crippen LogP contribution in [0, 0.1) is 0 Å². The summed E-state index contributed by atoms with van der Waals surface area (Å²) in [5.41, 5.74) is 0.110. The van der Waals surface area contributed by atoms with Gasteiger partial charge in [-0.05, 0) is 25.0 Å². The summed E-state index contributed by atoms with van der Waals surface area (Å²) in [6, 6.07) is 5.77. The molecule has 0 saturated heterocycles. The summed E-state index contributed by atoms with van der Waals surface area (Å²) in [5, 5.41) is 10.6. The van der Waals surface area contributed by atoms with Crippen LogP contribution in [-0.2, 0) is 5.60 Å². The van der Waals surface area contributed by atoms with Gasteiger partial charge in [-0.15, -0.1) is 0 Å². The van der Waals surface area contributed by atoms with Crippen molar-refractivity contribution in [3.63, 3.8) is 0 Å². The molecule has 0 saturated carbocycles. The number of aliphatic hydroxyl groups is 1. The minimum atomic E-state index is -0.717. The van der Waals surface area contributed by atoms with Crippen molar-refractivity contribution in [2.24, 2.45) is 0 Å². The van der Waals surface area contributed by atoms with E-state index in [4.69, 9.17) is 0 Å². The molecular weight excluding hydrogens is 198 g/mol. The zero-order valence-electron chi connectivity index (χ0n) is 10.4. The summed E-state index contributed by atoms with van der Waals surface area (Å²) in [6.45, 7) is 4.29. The number of hydrogen-bond acceptors (Lipinski definition) is 2. The fourth-order valence-corrected chi connectivity index (χ4v) is 2.10. The van der Waals surface area contributed by atoms with Crippen molar-refractivity contribution in [2.75, 3.05) is 0 Å². The second kappa shape index (κ2) is 6.64. The van der Waals surface area contributed by atoms with Gasteiger partial charge in [-0.1, -0.05) is 45.6 Å². The van der Waals surface area contributed by atoms with Crippen LogP contribution in [0.4, 0.5) is 0 Å². The highest BCUT2D eigenvalue weighted by molar-refractivity contribution is 5.12. The maximum Gasteiger partial charge on any atom is 0.106 e. The Morgan fingerprint density at radius 1 is 1.12 bits per heavy atom. The van der Waals surface area contributed by atoms with Gasteiger partial charge in [0.25, 0.3) is 0 Å². The van der Waals surface area contributed by atoms with Gasteiger partial charge >= 0.3 is 0 Å². The molecule has 1 heterocycles. The SMILES string of the molecule is CCCCCC(O)(CCC)c1ccccn1. The van der Waals surface area contributed by atoms with Crippen molar-refractivity contribution in [3.8, 4) is 0 Å². The minimum Gasteiger partial charge on any atom is -0.384 e. The van der Waals surface area contributed by atoms with Gasteiger partial charge < -0.3 is 5.11 Å². The molecule has 1 unspecified atom stereocenters. The van der Waals surface area contributed by atoms with Gasteiger partial charge in [0, 0.05) is 6.20 Å². The third-order valence-electron chi connectivity index (χ3n) is 3.00. The predicted molar refractivity (Wildman–Crippen MR) is 67.2 cm³/mol. The molecule has 1 aromatic rings. The van der Waals surface area contributed by atoms with Crippen molar-refractivity contribution in [1.29, 1.82) is 0 Å². The van der Waals surface area contributed by atoms with E-state index in [9.17, 15) is 5.11 Å². The molecule has 2 heteroatoms. The lowest BCUT2D eigenvalue weighted by Gasteiger charge is -2.27. The monoisotopic (exact) mass is 221 g/mol. The van der Waals surface area contributed by atoms with Gasteiger partial charge in [0.2, 0.25) is 0 Å². The van der Waals surface area contributed by atoms with Gasteiger partial charge in [-0.2, -0.15) is 0 Å². The summed E-state index contributed by atoms with van der Waals surface area (Å²) in [6.07, 6.45) is 7.81. The Balaban J connectivity index is 2.71. The summed E-state index contributed by atoms with van der Waals surface area (Å²) in [5.74, 6) is 0. The minimum absolute atomic E-state index is 0.717. The Bertz CT molecular complexity index is 286. The number of rotatable bonds is 7. The van der Waals surface area contributed by atoms with E-state index in [1.54, 1.807) is 6.20 Å². The molecule has 0 aliphatic carbocycles. The Morgan fingerprint density at radius 3 is 2.50 bits per heavy atom. The summed E-state index contributed by atoms with van der Waals surface area (Å²) in [4.78, 5) is 4.30. The van der Waals surface area contributed by atoms with E-state index in [0.717, 1.165) is 31.4 Å². The highest BCUT2D eigenvalue weighted by atomic mass is 16.3. The third kappa shape index (κ3) is 3.60. The molecule has 0 radical (unpaired) electrons. The molecule has 0 aromatic carbocycles. The second-order valence-electron chi connectivity index (χ2n) is 4.45. The van der Waals surface area contributed by atoms with E-state index < -0.39 is 5.60 Å². The van der Waals surface area contributed by atoms with Crippen LogP contribution >= 0.6 is 0 Å². The van der Waals surface area contributed by atoms with Crippen molar-refractivity contribution < 1.29 is 5.11 Å². The zero-order valence-corrected chi connectivity index (χ0v) is 10.4. The topological polar surface area (TPSA) is 33.1 Å². The average molecular weight is 221 g/mol. The molecule has 0 aliphatic rings. The lowest BCUT2D eigenvalue weighted by atomic mass is 9.88. The summed E-state index contributed by atoms with van der Waals surface area (Å²) in [7, 11) is 0. The molecule has 90 valence electrons. The number of hydrogen-bond donors (Lipinski definition) is 1. The van der Waals surface area contributed by atoms with Crippen LogP contribution in [0.1, 0.15) is 58.1 Å². The van der Waals surface area contributed by atoms with Crippen LogP contribution in [0.5, 0.6) is 0 Å². The maximum absolute atomic E-state index is 10.6. The Labute approximate surface area is 98.7 Å². The molecule has 0 fully saturated rings. The molecule has 2 nitrogen and oxygen atoms in total. The molecule has 0 bridgehead atoms. The van der Waals surface area contributed by atoms with Crippen molar-refractivity contribution in [2.45, 2.75) is 58.0 Å². The number of unbranched alkanes of at least 4 members (excludes halogenated alkanes) is 2. The van der Waals surface area contributed by atoms with Crippen LogP contribution in [-0.4, -0.2) is 10.1 Å². The van der Waals surface area contributed by atoms with E-state index in [1.807, 2.05) is 18.2 Å². The first-order valence-corrected chi connectivity index (χ1v) is 6.37. The molecule has 16 heavy (non-hydrogen) atoms. The van der Waals surface area contributed by atoms with Crippen LogP contribution in [0.25, 0.3) is 0 Å². The van der Waals surface area contributed by atoms with Crippen molar-refractivity contribution in [1.82, 2.24) is 4.98 Å². The van der Waals surface area contributed by atoms with Gasteiger partial charge in [-0.25, -0.2) is 0 Å².